The highest BCUT2D eigenvalue weighted by Gasteiger charge is 2.01. The lowest BCUT2D eigenvalue weighted by Crippen LogP contribution is -1.97. The van der Waals surface area contributed by atoms with Gasteiger partial charge in [-0.05, 0) is 26.3 Å². The van der Waals surface area contributed by atoms with Gasteiger partial charge in [-0.1, -0.05) is 11.8 Å². The van der Waals surface area contributed by atoms with Crippen molar-refractivity contribution in [2.45, 2.75) is 31.8 Å². The van der Waals surface area contributed by atoms with E-state index in [1.54, 1.807) is 0 Å². The maximum atomic E-state index is 10.3. The molecular formula is C10H14N2O2S. The predicted molar refractivity (Wildman–Crippen MR) is 59.1 cm³/mol. The number of carboxylic acid groups (broad SMARTS) is 1. The maximum Gasteiger partial charge on any atom is 0.303 e. The van der Waals surface area contributed by atoms with Gasteiger partial charge in [0.1, 0.15) is 0 Å². The first kappa shape index (κ1) is 12.0. The first-order valence-electron chi connectivity index (χ1n) is 4.75. The van der Waals surface area contributed by atoms with E-state index in [-0.39, 0.29) is 6.42 Å². The summed E-state index contributed by atoms with van der Waals surface area (Å²) >= 11 is 1.51. The lowest BCUT2D eigenvalue weighted by molar-refractivity contribution is -0.137. The Hall–Kier alpha value is -1.10. The van der Waals surface area contributed by atoms with Crippen molar-refractivity contribution >= 4 is 17.7 Å². The van der Waals surface area contributed by atoms with Gasteiger partial charge in [-0.3, -0.25) is 4.79 Å². The number of hydrogen-bond acceptors (Lipinski definition) is 4. The molecule has 0 fully saturated rings. The lowest BCUT2D eigenvalue weighted by atomic mass is 10.3. The Bertz CT molecular complexity index is 335. The highest BCUT2D eigenvalue weighted by atomic mass is 32.2. The van der Waals surface area contributed by atoms with Crippen LogP contribution in [0.3, 0.4) is 0 Å². The summed E-state index contributed by atoms with van der Waals surface area (Å²) in [5.74, 6) is -0.00760. The number of rotatable bonds is 5. The average Bonchev–Trinajstić information content (AvgIpc) is 2.10. The summed E-state index contributed by atoms with van der Waals surface area (Å²) in [5.41, 5.74) is 1.89. The molecule has 0 saturated carbocycles. The Morgan fingerprint density at radius 1 is 1.40 bits per heavy atom. The molecule has 1 aromatic heterocycles. The van der Waals surface area contributed by atoms with Gasteiger partial charge in [0.15, 0.2) is 5.16 Å². The standard InChI is InChI=1S/C10H14N2O2S/c1-7-6-8(2)12-10(11-7)15-5-3-4-9(13)14/h6H,3-5H2,1-2H3,(H,13,14). The number of nitrogens with zero attached hydrogens (tertiary/aromatic N) is 2. The fourth-order valence-electron chi connectivity index (χ4n) is 1.14. The van der Waals surface area contributed by atoms with Crippen LogP contribution in [-0.4, -0.2) is 26.8 Å². The number of thioether (sulfide) groups is 1. The molecule has 0 atom stereocenters. The Balaban J connectivity index is 2.40. The van der Waals surface area contributed by atoms with Gasteiger partial charge in [0.25, 0.3) is 0 Å². The summed E-state index contributed by atoms with van der Waals surface area (Å²) in [6.07, 6.45) is 0.855. The van der Waals surface area contributed by atoms with E-state index in [9.17, 15) is 4.79 Å². The van der Waals surface area contributed by atoms with E-state index < -0.39 is 5.97 Å². The highest BCUT2D eigenvalue weighted by Crippen LogP contribution is 2.15. The summed E-state index contributed by atoms with van der Waals surface area (Å²) in [5, 5.41) is 9.19. The van der Waals surface area contributed by atoms with Crippen LogP contribution in [0.2, 0.25) is 0 Å². The van der Waals surface area contributed by atoms with Crippen molar-refractivity contribution in [2.24, 2.45) is 0 Å². The van der Waals surface area contributed by atoms with Crippen LogP contribution >= 0.6 is 11.8 Å². The molecule has 0 aromatic carbocycles. The zero-order valence-electron chi connectivity index (χ0n) is 8.86. The van der Waals surface area contributed by atoms with Crippen LogP contribution in [-0.2, 0) is 4.79 Å². The molecule has 0 unspecified atom stereocenters. The molecule has 4 nitrogen and oxygen atoms in total. The molecular weight excluding hydrogens is 212 g/mol. The van der Waals surface area contributed by atoms with Crippen molar-refractivity contribution in [2.75, 3.05) is 5.75 Å². The van der Waals surface area contributed by atoms with Crippen LogP contribution in [0, 0.1) is 13.8 Å². The van der Waals surface area contributed by atoms with Crippen molar-refractivity contribution in [1.82, 2.24) is 9.97 Å². The van der Waals surface area contributed by atoms with E-state index in [1.807, 2.05) is 19.9 Å². The molecule has 5 heteroatoms. The van der Waals surface area contributed by atoms with Crippen LogP contribution < -0.4 is 0 Å². The SMILES string of the molecule is Cc1cc(C)nc(SCCCC(=O)O)n1. The summed E-state index contributed by atoms with van der Waals surface area (Å²) in [7, 11) is 0. The molecule has 0 amide bonds. The van der Waals surface area contributed by atoms with Gasteiger partial charge >= 0.3 is 5.97 Å². The van der Waals surface area contributed by atoms with Gasteiger partial charge in [-0.2, -0.15) is 0 Å². The summed E-state index contributed by atoms with van der Waals surface area (Å²) in [4.78, 5) is 18.8. The van der Waals surface area contributed by atoms with E-state index in [1.165, 1.54) is 11.8 Å². The molecule has 1 rings (SSSR count). The van der Waals surface area contributed by atoms with Crippen molar-refractivity contribution < 1.29 is 9.90 Å². The van der Waals surface area contributed by atoms with E-state index >= 15 is 0 Å². The third-order valence-corrected chi connectivity index (χ3v) is 2.66. The predicted octanol–water partition coefficient (Wildman–Crippen LogP) is 2.05. The molecule has 15 heavy (non-hydrogen) atoms. The lowest BCUT2D eigenvalue weighted by Gasteiger charge is -2.01. The van der Waals surface area contributed by atoms with Gasteiger partial charge in [0.05, 0.1) is 0 Å². The Labute approximate surface area is 93.1 Å². The van der Waals surface area contributed by atoms with Crippen molar-refractivity contribution in [1.29, 1.82) is 0 Å². The molecule has 1 aromatic rings. The number of aryl methyl sites for hydroxylation is 2. The van der Waals surface area contributed by atoms with E-state index in [2.05, 4.69) is 9.97 Å². The van der Waals surface area contributed by atoms with E-state index in [4.69, 9.17) is 5.11 Å². The topological polar surface area (TPSA) is 63.1 Å². The highest BCUT2D eigenvalue weighted by molar-refractivity contribution is 7.99. The number of hydrogen-bond donors (Lipinski definition) is 1. The molecule has 0 aliphatic carbocycles. The Morgan fingerprint density at radius 3 is 2.53 bits per heavy atom. The van der Waals surface area contributed by atoms with Crippen molar-refractivity contribution in [3.63, 3.8) is 0 Å². The van der Waals surface area contributed by atoms with Crippen LogP contribution in [0.4, 0.5) is 0 Å². The smallest absolute Gasteiger partial charge is 0.303 e. The minimum atomic E-state index is -0.753. The third-order valence-electron chi connectivity index (χ3n) is 1.73. The van der Waals surface area contributed by atoms with Gasteiger partial charge < -0.3 is 5.11 Å². The molecule has 0 bridgehead atoms. The Kier molecular flexibility index (Phi) is 4.55. The average molecular weight is 226 g/mol. The minimum absolute atomic E-state index is 0.206. The zero-order valence-corrected chi connectivity index (χ0v) is 9.67. The van der Waals surface area contributed by atoms with Crippen LogP contribution in [0.1, 0.15) is 24.2 Å². The van der Waals surface area contributed by atoms with Crippen molar-refractivity contribution in [3.05, 3.63) is 17.5 Å². The summed E-state index contributed by atoms with van der Waals surface area (Å²) in [6, 6.07) is 1.92. The molecule has 0 radical (unpaired) electrons. The second-order valence-corrected chi connectivity index (χ2v) is 4.34. The second kappa shape index (κ2) is 5.70. The van der Waals surface area contributed by atoms with Crippen molar-refractivity contribution in [3.8, 4) is 0 Å². The fourth-order valence-corrected chi connectivity index (χ4v) is 2.03. The molecule has 0 spiro atoms. The number of carbonyl (C=O) groups is 1. The minimum Gasteiger partial charge on any atom is -0.481 e. The van der Waals surface area contributed by atoms with Gasteiger partial charge in [-0.25, -0.2) is 9.97 Å². The molecule has 1 N–H and O–H groups in total. The zero-order chi connectivity index (χ0) is 11.3. The Morgan fingerprint density at radius 2 is 2.00 bits per heavy atom. The molecule has 1 heterocycles. The molecule has 82 valence electrons. The first-order valence-corrected chi connectivity index (χ1v) is 5.73. The third kappa shape index (κ3) is 4.78. The maximum absolute atomic E-state index is 10.3. The second-order valence-electron chi connectivity index (χ2n) is 3.28. The quantitative estimate of drug-likeness (QED) is 0.473. The molecule has 0 saturated heterocycles. The van der Waals surface area contributed by atoms with Gasteiger partial charge in [0, 0.05) is 23.6 Å². The monoisotopic (exact) mass is 226 g/mol. The number of aromatic nitrogens is 2. The van der Waals surface area contributed by atoms with Crippen LogP contribution in [0.15, 0.2) is 11.2 Å². The summed E-state index contributed by atoms with van der Waals surface area (Å²) < 4.78 is 0. The largest absolute Gasteiger partial charge is 0.481 e. The van der Waals surface area contributed by atoms with Crippen LogP contribution in [0.5, 0.6) is 0 Å². The number of aliphatic carboxylic acids is 1. The van der Waals surface area contributed by atoms with E-state index in [0.29, 0.717) is 6.42 Å². The molecule has 0 aliphatic heterocycles. The summed E-state index contributed by atoms with van der Waals surface area (Å²) in [6.45, 7) is 3.85. The molecule has 0 aliphatic rings. The van der Waals surface area contributed by atoms with E-state index in [0.717, 1.165) is 22.3 Å². The first-order chi connectivity index (χ1) is 7.08. The fraction of sp³-hybridized carbons (Fsp3) is 0.500. The number of carboxylic acids is 1. The van der Waals surface area contributed by atoms with Gasteiger partial charge in [0.2, 0.25) is 0 Å². The van der Waals surface area contributed by atoms with Gasteiger partial charge in [-0.15, -0.1) is 0 Å². The normalized spacial score (nSPS) is 10.3. The van der Waals surface area contributed by atoms with Crippen LogP contribution in [0.25, 0.3) is 0 Å².